The molecule has 0 atom stereocenters. The Balaban J connectivity index is 1.82. The highest BCUT2D eigenvalue weighted by Gasteiger charge is 2.22. The molecule has 26 heavy (non-hydrogen) atoms. The number of aromatic nitrogens is 4. The van der Waals surface area contributed by atoms with Gasteiger partial charge in [0.05, 0.1) is 19.0 Å². The van der Waals surface area contributed by atoms with Crippen molar-refractivity contribution in [1.82, 2.24) is 19.4 Å². The summed E-state index contributed by atoms with van der Waals surface area (Å²) in [5.74, 6) is 0.563. The van der Waals surface area contributed by atoms with Crippen LogP contribution in [0.15, 0.2) is 24.7 Å². The Morgan fingerprint density at radius 1 is 1.31 bits per heavy atom. The average Bonchev–Trinajstić information content (AvgIpc) is 3.25. The van der Waals surface area contributed by atoms with E-state index >= 15 is 0 Å². The Kier molecular flexibility index (Phi) is 4.36. The summed E-state index contributed by atoms with van der Waals surface area (Å²) in [6, 6.07) is 3.94. The Labute approximate surface area is 151 Å². The van der Waals surface area contributed by atoms with Crippen LogP contribution in [0, 0.1) is 6.92 Å². The van der Waals surface area contributed by atoms with Crippen LogP contribution in [0.25, 0.3) is 17.0 Å². The molecule has 7 heteroatoms. The molecule has 1 saturated carbocycles. The van der Waals surface area contributed by atoms with Gasteiger partial charge in [-0.1, -0.05) is 19.3 Å². The maximum absolute atomic E-state index is 11.9. The van der Waals surface area contributed by atoms with Crippen molar-refractivity contribution in [3.63, 3.8) is 0 Å². The number of hydrogen-bond acceptors (Lipinski definition) is 5. The number of hydrogen-bond donors (Lipinski definition) is 2. The highest BCUT2D eigenvalue weighted by molar-refractivity contribution is 5.91. The van der Waals surface area contributed by atoms with Gasteiger partial charge in [0.25, 0.3) is 0 Å². The second-order valence-corrected chi connectivity index (χ2v) is 6.80. The molecule has 0 aliphatic heterocycles. The van der Waals surface area contributed by atoms with E-state index in [0.29, 0.717) is 17.3 Å². The number of fused-ring (bicyclic) bond motifs is 1. The molecule has 0 aromatic carbocycles. The average molecular weight is 353 g/mol. The molecule has 3 aromatic rings. The number of ether oxygens (including phenoxy) is 1. The van der Waals surface area contributed by atoms with Crippen LogP contribution in [0.5, 0.6) is 0 Å². The van der Waals surface area contributed by atoms with Crippen molar-refractivity contribution in [2.45, 2.75) is 45.1 Å². The van der Waals surface area contributed by atoms with Gasteiger partial charge in [-0.3, -0.25) is 4.40 Å². The van der Waals surface area contributed by atoms with Gasteiger partial charge in [0.2, 0.25) is 0 Å². The number of anilines is 1. The third kappa shape index (κ3) is 2.94. The molecule has 7 nitrogen and oxygen atoms in total. The molecule has 0 saturated heterocycles. The molecule has 3 aromatic heterocycles. The van der Waals surface area contributed by atoms with Gasteiger partial charge >= 0.3 is 5.97 Å². The summed E-state index contributed by atoms with van der Waals surface area (Å²) in [4.78, 5) is 24.2. The Morgan fingerprint density at radius 3 is 2.81 bits per heavy atom. The second-order valence-electron chi connectivity index (χ2n) is 6.80. The highest BCUT2D eigenvalue weighted by Crippen LogP contribution is 2.32. The van der Waals surface area contributed by atoms with E-state index in [9.17, 15) is 4.79 Å². The SMILES string of the molecule is COC(=O)c1ccn2c(NC3CCCCC3)c(-c3nc[nH]c3C)nc2c1. The quantitative estimate of drug-likeness (QED) is 0.701. The molecular weight excluding hydrogens is 330 g/mol. The van der Waals surface area contributed by atoms with Crippen molar-refractivity contribution in [2.75, 3.05) is 12.4 Å². The molecule has 0 radical (unpaired) electrons. The van der Waals surface area contributed by atoms with Gasteiger partial charge in [-0.15, -0.1) is 0 Å². The standard InChI is InChI=1S/C19H23N5O2/c1-12-16(21-11-20-12)17-18(22-14-6-4-3-5-7-14)24-9-8-13(19(25)26-2)10-15(24)23-17/h8-11,14,22H,3-7H2,1-2H3,(H,20,21). The summed E-state index contributed by atoms with van der Waals surface area (Å²) in [7, 11) is 1.38. The van der Waals surface area contributed by atoms with Crippen LogP contribution in [-0.2, 0) is 4.74 Å². The topological polar surface area (TPSA) is 84.3 Å². The van der Waals surface area contributed by atoms with Gasteiger partial charge < -0.3 is 15.0 Å². The summed E-state index contributed by atoms with van der Waals surface area (Å²) >= 11 is 0. The van der Waals surface area contributed by atoms with E-state index in [1.165, 1.54) is 26.4 Å². The lowest BCUT2D eigenvalue weighted by Gasteiger charge is -2.24. The fraction of sp³-hybridized carbons (Fsp3) is 0.421. The maximum Gasteiger partial charge on any atom is 0.338 e. The molecular formula is C19H23N5O2. The molecule has 0 spiro atoms. The summed E-state index contributed by atoms with van der Waals surface area (Å²) < 4.78 is 6.82. The third-order valence-corrected chi connectivity index (χ3v) is 5.05. The van der Waals surface area contributed by atoms with Crippen molar-refractivity contribution in [1.29, 1.82) is 0 Å². The molecule has 0 bridgehead atoms. The maximum atomic E-state index is 11.9. The van der Waals surface area contributed by atoms with Gasteiger partial charge in [0, 0.05) is 17.9 Å². The van der Waals surface area contributed by atoms with Crippen LogP contribution < -0.4 is 5.32 Å². The zero-order valence-electron chi connectivity index (χ0n) is 15.1. The molecule has 4 rings (SSSR count). The first-order chi connectivity index (χ1) is 12.7. The first kappa shape index (κ1) is 16.6. The number of imidazole rings is 2. The number of nitrogens with zero attached hydrogens (tertiary/aromatic N) is 3. The first-order valence-electron chi connectivity index (χ1n) is 9.04. The minimum atomic E-state index is -0.366. The highest BCUT2D eigenvalue weighted by atomic mass is 16.5. The first-order valence-corrected chi connectivity index (χ1v) is 9.04. The number of nitrogens with one attached hydrogen (secondary N) is 2. The number of rotatable bonds is 4. The van der Waals surface area contributed by atoms with E-state index in [4.69, 9.17) is 9.72 Å². The van der Waals surface area contributed by atoms with Gasteiger partial charge in [-0.2, -0.15) is 0 Å². The van der Waals surface area contributed by atoms with E-state index in [-0.39, 0.29) is 5.97 Å². The lowest BCUT2D eigenvalue weighted by atomic mass is 9.95. The minimum absolute atomic E-state index is 0.366. The van der Waals surface area contributed by atoms with Gasteiger partial charge in [0.15, 0.2) is 0 Å². The fourth-order valence-corrected chi connectivity index (χ4v) is 3.63. The molecule has 1 aliphatic rings. The Hall–Kier alpha value is -2.83. The van der Waals surface area contributed by atoms with Crippen LogP contribution in [0.1, 0.15) is 48.2 Å². The number of esters is 1. The van der Waals surface area contributed by atoms with E-state index in [1.54, 1.807) is 18.5 Å². The molecule has 136 valence electrons. The van der Waals surface area contributed by atoms with Crippen LogP contribution in [-0.4, -0.2) is 38.5 Å². The van der Waals surface area contributed by atoms with Crippen molar-refractivity contribution in [2.24, 2.45) is 0 Å². The molecule has 0 unspecified atom stereocenters. The predicted octanol–water partition coefficient (Wildman–Crippen LogP) is 3.56. The Morgan fingerprint density at radius 2 is 2.12 bits per heavy atom. The number of carbonyl (C=O) groups excluding carboxylic acids is 1. The molecule has 1 aliphatic carbocycles. The normalized spacial score (nSPS) is 15.3. The smallest absolute Gasteiger partial charge is 0.338 e. The lowest BCUT2D eigenvalue weighted by molar-refractivity contribution is 0.0600. The number of aromatic amines is 1. The molecule has 3 heterocycles. The number of pyridine rings is 1. The van der Waals surface area contributed by atoms with Crippen LogP contribution >= 0.6 is 0 Å². The van der Waals surface area contributed by atoms with E-state index in [0.717, 1.165) is 35.7 Å². The predicted molar refractivity (Wildman–Crippen MR) is 99.3 cm³/mol. The lowest BCUT2D eigenvalue weighted by Crippen LogP contribution is -2.23. The molecule has 2 N–H and O–H groups in total. The largest absolute Gasteiger partial charge is 0.465 e. The monoisotopic (exact) mass is 353 g/mol. The Bertz CT molecular complexity index is 937. The van der Waals surface area contributed by atoms with Crippen LogP contribution in [0.2, 0.25) is 0 Å². The van der Waals surface area contributed by atoms with Gasteiger partial charge in [-0.25, -0.2) is 14.8 Å². The van der Waals surface area contributed by atoms with Crippen LogP contribution in [0.4, 0.5) is 5.82 Å². The number of carbonyl (C=O) groups is 1. The molecule has 1 fully saturated rings. The summed E-state index contributed by atoms with van der Waals surface area (Å²) in [6.45, 7) is 1.98. The van der Waals surface area contributed by atoms with Crippen molar-refractivity contribution < 1.29 is 9.53 Å². The van der Waals surface area contributed by atoms with Crippen molar-refractivity contribution >= 4 is 17.4 Å². The molecule has 0 amide bonds. The minimum Gasteiger partial charge on any atom is -0.465 e. The fourth-order valence-electron chi connectivity index (χ4n) is 3.63. The zero-order chi connectivity index (χ0) is 18.1. The van der Waals surface area contributed by atoms with Gasteiger partial charge in [0.1, 0.15) is 22.9 Å². The van der Waals surface area contributed by atoms with E-state index in [2.05, 4.69) is 15.3 Å². The van der Waals surface area contributed by atoms with Crippen molar-refractivity contribution in [3.05, 3.63) is 35.9 Å². The van der Waals surface area contributed by atoms with E-state index < -0.39 is 0 Å². The number of H-pyrrole nitrogens is 1. The summed E-state index contributed by atoms with van der Waals surface area (Å²) in [5, 5.41) is 3.68. The van der Waals surface area contributed by atoms with E-state index in [1.807, 2.05) is 17.5 Å². The summed E-state index contributed by atoms with van der Waals surface area (Å²) in [5.41, 5.74) is 3.78. The van der Waals surface area contributed by atoms with Crippen LogP contribution in [0.3, 0.4) is 0 Å². The number of aryl methyl sites for hydroxylation is 1. The summed E-state index contributed by atoms with van der Waals surface area (Å²) in [6.07, 6.45) is 9.66. The number of methoxy groups -OCH3 is 1. The van der Waals surface area contributed by atoms with Crippen molar-refractivity contribution in [3.8, 4) is 11.4 Å². The second kappa shape index (κ2) is 6.82. The third-order valence-electron chi connectivity index (χ3n) is 5.05. The zero-order valence-corrected chi connectivity index (χ0v) is 15.1. The van der Waals surface area contributed by atoms with Gasteiger partial charge in [-0.05, 0) is 31.9 Å².